The lowest BCUT2D eigenvalue weighted by Crippen LogP contribution is -2.05. The van der Waals surface area contributed by atoms with Crippen LogP contribution in [0.5, 0.6) is 5.75 Å². The maximum absolute atomic E-state index is 5.56. The normalized spacial score (nSPS) is 12.7. The summed E-state index contributed by atoms with van der Waals surface area (Å²) in [4.78, 5) is 8.84. The molecule has 1 aliphatic rings. The van der Waals surface area contributed by atoms with Gasteiger partial charge in [-0.3, -0.25) is 0 Å². The Kier molecular flexibility index (Phi) is 3.46. The standard InChI is InChI=1S/C18H18N4O/c1-22-12-19-10-15(22)11-20-18-4-2-3-16(21-18)13-5-6-17-14(9-13)7-8-23-17/h2-6,9-10,12H,7-8,11H2,1H3,(H,20,21). The third kappa shape index (κ3) is 2.77. The van der Waals surface area contributed by atoms with Crippen LogP contribution >= 0.6 is 0 Å². The number of benzene rings is 1. The number of anilines is 1. The highest BCUT2D eigenvalue weighted by atomic mass is 16.5. The zero-order valence-corrected chi connectivity index (χ0v) is 13.0. The topological polar surface area (TPSA) is 52.0 Å². The van der Waals surface area contributed by atoms with Gasteiger partial charge in [0.05, 0.1) is 30.9 Å². The molecule has 0 atom stereocenters. The molecular formula is C18H18N4O. The first-order chi connectivity index (χ1) is 11.3. The van der Waals surface area contributed by atoms with Crippen LogP contribution in [0.4, 0.5) is 5.82 Å². The second-order valence-electron chi connectivity index (χ2n) is 5.68. The van der Waals surface area contributed by atoms with Gasteiger partial charge in [-0.2, -0.15) is 0 Å². The predicted molar refractivity (Wildman–Crippen MR) is 89.4 cm³/mol. The highest BCUT2D eigenvalue weighted by Gasteiger charge is 2.13. The van der Waals surface area contributed by atoms with Gasteiger partial charge >= 0.3 is 0 Å². The Morgan fingerprint density at radius 2 is 2.22 bits per heavy atom. The Hall–Kier alpha value is -2.82. The zero-order chi connectivity index (χ0) is 15.6. The molecule has 1 aliphatic heterocycles. The number of hydrogen-bond acceptors (Lipinski definition) is 4. The van der Waals surface area contributed by atoms with Crippen LogP contribution in [0.25, 0.3) is 11.3 Å². The minimum Gasteiger partial charge on any atom is -0.493 e. The average Bonchev–Trinajstić information content (AvgIpc) is 3.21. The Morgan fingerprint density at radius 1 is 1.26 bits per heavy atom. The second kappa shape index (κ2) is 5.76. The Labute approximate surface area is 135 Å². The number of imidazole rings is 1. The molecule has 0 fully saturated rings. The molecule has 1 aromatic carbocycles. The van der Waals surface area contributed by atoms with Crippen LogP contribution in [0, 0.1) is 0 Å². The summed E-state index contributed by atoms with van der Waals surface area (Å²) >= 11 is 0. The van der Waals surface area contributed by atoms with Gasteiger partial charge in [-0.05, 0) is 35.9 Å². The monoisotopic (exact) mass is 306 g/mol. The highest BCUT2D eigenvalue weighted by Crippen LogP contribution is 2.30. The molecule has 0 aliphatic carbocycles. The van der Waals surface area contributed by atoms with E-state index in [2.05, 4.69) is 22.4 Å². The lowest BCUT2D eigenvalue weighted by molar-refractivity contribution is 0.357. The van der Waals surface area contributed by atoms with Crippen molar-refractivity contribution < 1.29 is 4.74 Å². The number of nitrogens with zero attached hydrogens (tertiary/aromatic N) is 3. The summed E-state index contributed by atoms with van der Waals surface area (Å²) in [5, 5.41) is 3.35. The van der Waals surface area contributed by atoms with Gasteiger partial charge in [0.25, 0.3) is 0 Å². The summed E-state index contributed by atoms with van der Waals surface area (Å²) in [5.41, 5.74) is 4.47. The van der Waals surface area contributed by atoms with E-state index in [9.17, 15) is 0 Å². The van der Waals surface area contributed by atoms with Crippen molar-refractivity contribution in [2.45, 2.75) is 13.0 Å². The largest absolute Gasteiger partial charge is 0.493 e. The fourth-order valence-corrected chi connectivity index (χ4v) is 2.78. The Balaban J connectivity index is 1.55. The van der Waals surface area contributed by atoms with Crippen molar-refractivity contribution in [3.05, 3.63) is 60.2 Å². The maximum atomic E-state index is 5.56. The van der Waals surface area contributed by atoms with Crippen LogP contribution in [-0.2, 0) is 20.0 Å². The lowest BCUT2D eigenvalue weighted by atomic mass is 10.1. The van der Waals surface area contributed by atoms with E-state index >= 15 is 0 Å². The summed E-state index contributed by atoms with van der Waals surface area (Å²) in [5.74, 6) is 1.86. The van der Waals surface area contributed by atoms with Gasteiger partial charge in [0.2, 0.25) is 0 Å². The van der Waals surface area contributed by atoms with Gasteiger partial charge < -0.3 is 14.6 Å². The summed E-state index contributed by atoms with van der Waals surface area (Å²) in [6.45, 7) is 1.48. The van der Waals surface area contributed by atoms with Gasteiger partial charge in [0.15, 0.2) is 0 Å². The molecule has 0 bridgehead atoms. The molecule has 0 saturated heterocycles. The number of hydrogen-bond donors (Lipinski definition) is 1. The van der Waals surface area contributed by atoms with Crippen molar-refractivity contribution in [3.8, 4) is 17.0 Å². The molecule has 0 amide bonds. The minimum atomic E-state index is 0.699. The molecule has 1 N–H and O–H groups in total. The minimum absolute atomic E-state index is 0.699. The second-order valence-corrected chi connectivity index (χ2v) is 5.68. The molecular weight excluding hydrogens is 288 g/mol. The van der Waals surface area contributed by atoms with Crippen molar-refractivity contribution in [2.24, 2.45) is 7.05 Å². The number of rotatable bonds is 4. The summed E-state index contributed by atoms with van der Waals surface area (Å²) in [6, 6.07) is 12.3. The number of ether oxygens (including phenoxy) is 1. The van der Waals surface area contributed by atoms with E-state index in [0.717, 1.165) is 41.5 Å². The molecule has 5 heteroatoms. The lowest BCUT2D eigenvalue weighted by Gasteiger charge is -2.09. The van der Waals surface area contributed by atoms with Gasteiger partial charge in [-0.15, -0.1) is 0 Å². The van der Waals surface area contributed by atoms with E-state index in [0.29, 0.717) is 6.54 Å². The van der Waals surface area contributed by atoms with Crippen molar-refractivity contribution in [2.75, 3.05) is 11.9 Å². The summed E-state index contributed by atoms with van der Waals surface area (Å²) in [6.07, 6.45) is 4.63. The third-order valence-corrected chi connectivity index (χ3v) is 4.10. The van der Waals surface area contributed by atoms with Crippen molar-refractivity contribution >= 4 is 5.82 Å². The van der Waals surface area contributed by atoms with Crippen LogP contribution in [0.1, 0.15) is 11.3 Å². The molecule has 0 saturated carbocycles. The van der Waals surface area contributed by atoms with Crippen molar-refractivity contribution in [1.82, 2.24) is 14.5 Å². The van der Waals surface area contributed by atoms with Gasteiger partial charge in [-0.25, -0.2) is 9.97 Å². The Bertz CT molecular complexity index is 841. The molecule has 23 heavy (non-hydrogen) atoms. The molecule has 0 radical (unpaired) electrons. The SMILES string of the molecule is Cn1cncc1CNc1cccc(-c2ccc3c(c2)CCO3)n1. The van der Waals surface area contributed by atoms with Crippen LogP contribution < -0.4 is 10.1 Å². The number of aromatic nitrogens is 3. The van der Waals surface area contributed by atoms with E-state index in [4.69, 9.17) is 9.72 Å². The fraction of sp³-hybridized carbons (Fsp3) is 0.222. The van der Waals surface area contributed by atoms with Crippen LogP contribution in [0.2, 0.25) is 0 Å². The van der Waals surface area contributed by atoms with Gasteiger partial charge in [0, 0.05) is 25.2 Å². The van der Waals surface area contributed by atoms with E-state index in [1.165, 1.54) is 5.56 Å². The molecule has 0 spiro atoms. The molecule has 3 heterocycles. The first-order valence-corrected chi connectivity index (χ1v) is 7.72. The van der Waals surface area contributed by atoms with Crippen LogP contribution in [-0.4, -0.2) is 21.1 Å². The van der Waals surface area contributed by atoms with Crippen LogP contribution in [0.3, 0.4) is 0 Å². The first kappa shape index (κ1) is 13.8. The molecule has 5 nitrogen and oxygen atoms in total. The highest BCUT2D eigenvalue weighted by molar-refractivity contribution is 5.64. The number of aryl methyl sites for hydroxylation is 1. The zero-order valence-electron chi connectivity index (χ0n) is 13.0. The van der Waals surface area contributed by atoms with Gasteiger partial charge in [0.1, 0.15) is 11.6 Å². The summed E-state index contributed by atoms with van der Waals surface area (Å²) < 4.78 is 7.56. The molecule has 2 aromatic heterocycles. The maximum Gasteiger partial charge on any atom is 0.126 e. The summed E-state index contributed by atoms with van der Waals surface area (Å²) in [7, 11) is 1.99. The quantitative estimate of drug-likeness (QED) is 0.805. The van der Waals surface area contributed by atoms with Crippen molar-refractivity contribution in [3.63, 3.8) is 0 Å². The van der Waals surface area contributed by atoms with Crippen LogP contribution in [0.15, 0.2) is 48.9 Å². The molecule has 4 rings (SSSR count). The number of pyridine rings is 1. The first-order valence-electron chi connectivity index (χ1n) is 7.72. The van der Waals surface area contributed by atoms with E-state index in [-0.39, 0.29) is 0 Å². The molecule has 3 aromatic rings. The number of fused-ring (bicyclic) bond motifs is 1. The molecule has 116 valence electrons. The average molecular weight is 306 g/mol. The van der Waals surface area contributed by atoms with E-state index < -0.39 is 0 Å². The van der Waals surface area contributed by atoms with Gasteiger partial charge in [-0.1, -0.05) is 6.07 Å². The Morgan fingerprint density at radius 3 is 3.09 bits per heavy atom. The van der Waals surface area contributed by atoms with Crippen molar-refractivity contribution in [1.29, 1.82) is 0 Å². The number of nitrogens with one attached hydrogen (secondary N) is 1. The smallest absolute Gasteiger partial charge is 0.126 e. The third-order valence-electron chi connectivity index (χ3n) is 4.10. The molecule has 0 unspecified atom stereocenters. The predicted octanol–water partition coefficient (Wildman–Crippen LogP) is 3.03. The van der Waals surface area contributed by atoms with E-state index in [1.54, 1.807) is 6.33 Å². The fourth-order valence-electron chi connectivity index (χ4n) is 2.78. The van der Waals surface area contributed by atoms with E-state index in [1.807, 2.05) is 42.1 Å².